The smallest absolute Gasteiger partial charge is 0.326 e. The lowest BCUT2D eigenvalue weighted by Gasteiger charge is -2.27. The highest BCUT2D eigenvalue weighted by Gasteiger charge is 2.39. The number of amides is 1. The number of nitrogens with zero attached hydrogens (tertiary/aromatic N) is 1. The van der Waals surface area contributed by atoms with E-state index in [0.29, 0.717) is 18.7 Å². The van der Waals surface area contributed by atoms with Crippen molar-refractivity contribution in [1.29, 1.82) is 0 Å². The molecule has 0 aromatic heterocycles. The Bertz CT molecular complexity index is 516. The first-order valence-electron chi connectivity index (χ1n) is 6.88. The Morgan fingerprint density at radius 3 is 2.67 bits per heavy atom. The van der Waals surface area contributed by atoms with Crippen LogP contribution in [0.1, 0.15) is 36.8 Å². The number of thioether (sulfide) groups is 1. The summed E-state index contributed by atoms with van der Waals surface area (Å²) in [6.07, 6.45) is -4.03. The first kappa shape index (κ1) is 16.2. The van der Waals surface area contributed by atoms with E-state index in [1.54, 1.807) is 11.0 Å². The quantitative estimate of drug-likeness (QED) is 0.827. The van der Waals surface area contributed by atoms with Crippen LogP contribution in [0.4, 0.5) is 13.2 Å². The van der Waals surface area contributed by atoms with Crippen molar-refractivity contribution in [3.8, 4) is 0 Å². The van der Waals surface area contributed by atoms with Crippen molar-refractivity contribution in [2.45, 2.75) is 31.8 Å². The summed E-state index contributed by atoms with van der Waals surface area (Å²) in [5, 5.41) is -0.533. The molecule has 1 saturated heterocycles. The number of halogens is 3. The number of benzene rings is 1. The molecule has 0 aliphatic carbocycles. The summed E-state index contributed by atoms with van der Waals surface area (Å²) in [5.41, 5.74) is -0.462. The van der Waals surface area contributed by atoms with Crippen LogP contribution in [-0.4, -0.2) is 23.1 Å². The van der Waals surface area contributed by atoms with Crippen LogP contribution >= 0.6 is 11.8 Å². The Hall–Kier alpha value is -1.17. The van der Waals surface area contributed by atoms with E-state index in [1.807, 2.05) is 13.8 Å². The van der Waals surface area contributed by atoms with Crippen LogP contribution in [0.25, 0.3) is 0 Å². The zero-order valence-corrected chi connectivity index (χ0v) is 12.8. The molecule has 2 rings (SSSR count). The number of carbonyl (C=O) groups excluding carboxylic acids is 1. The fourth-order valence-electron chi connectivity index (χ4n) is 2.42. The molecule has 21 heavy (non-hydrogen) atoms. The van der Waals surface area contributed by atoms with Gasteiger partial charge in [0.1, 0.15) is 5.37 Å². The van der Waals surface area contributed by atoms with Crippen LogP contribution in [0.5, 0.6) is 0 Å². The van der Waals surface area contributed by atoms with Gasteiger partial charge in [0, 0.05) is 18.7 Å². The molecule has 0 radical (unpaired) electrons. The third-order valence-electron chi connectivity index (χ3n) is 3.33. The Morgan fingerprint density at radius 2 is 2.05 bits per heavy atom. The maximum absolute atomic E-state index is 13.1. The molecular weight excluding hydrogens is 299 g/mol. The number of alkyl halides is 3. The fourth-order valence-corrected chi connectivity index (χ4v) is 3.73. The maximum atomic E-state index is 13.1. The van der Waals surface area contributed by atoms with E-state index in [-0.39, 0.29) is 17.4 Å². The highest BCUT2D eigenvalue weighted by atomic mass is 32.2. The molecule has 1 amide bonds. The molecule has 0 saturated carbocycles. The standard InChI is InChI=1S/C15H18F3NOS/c1-10(2)9-13(20)19-7-8-21-14(19)11-5-3-4-6-12(11)15(16,17)18/h3-6,10,14H,7-9H2,1-2H3/t14-/m0/s1. The van der Waals surface area contributed by atoms with Crippen molar-refractivity contribution in [2.24, 2.45) is 5.92 Å². The molecule has 2 nitrogen and oxygen atoms in total. The molecule has 1 aromatic carbocycles. The van der Waals surface area contributed by atoms with Crippen LogP contribution < -0.4 is 0 Å². The third kappa shape index (κ3) is 3.73. The van der Waals surface area contributed by atoms with Gasteiger partial charge in [-0.15, -0.1) is 11.8 Å². The van der Waals surface area contributed by atoms with Gasteiger partial charge in [-0.2, -0.15) is 13.2 Å². The largest absolute Gasteiger partial charge is 0.416 e. The summed E-state index contributed by atoms with van der Waals surface area (Å²) < 4.78 is 39.4. The minimum Gasteiger partial charge on any atom is -0.326 e. The van der Waals surface area contributed by atoms with Crippen molar-refractivity contribution >= 4 is 17.7 Å². The molecule has 0 spiro atoms. The van der Waals surface area contributed by atoms with Gasteiger partial charge in [-0.05, 0) is 17.5 Å². The molecule has 1 aliphatic rings. The summed E-state index contributed by atoms with van der Waals surface area (Å²) in [6, 6.07) is 5.53. The second-order valence-corrected chi connectivity index (χ2v) is 6.68. The summed E-state index contributed by atoms with van der Waals surface area (Å²) in [5.74, 6) is 0.791. The predicted octanol–water partition coefficient (Wildman–Crippen LogP) is 4.33. The summed E-state index contributed by atoms with van der Waals surface area (Å²) in [7, 11) is 0. The number of hydrogen-bond acceptors (Lipinski definition) is 2. The lowest BCUT2D eigenvalue weighted by atomic mass is 10.1. The van der Waals surface area contributed by atoms with Gasteiger partial charge in [0.05, 0.1) is 5.56 Å². The second kappa shape index (κ2) is 6.30. The zero-order valence-electron chi connectivity index (χ0n) is 12.0. The van der Waals surface area contributed by atoms with Gasteiger partial charge in [0.25, 0.3) is 0 Å². The first-order valence-corrected chi connectivity index (χ1v) is 7.92. The minimum atomic E-state index is -4.40. The molecule has 1 fully saturated rings. The van der Waals surface area contributed by atoms with Crippen molar-refractivity contribution in [1.82, 2.24) is 4.90 Å². The van der Waals surface area contributed by atoms with E-state index in [0.717, 1.165) is 6.07 Å². The molecule has 1 heterocycles. The maximum Gasteiger partial charge on any atom is 0.416 e. The Morgan fingerprint density at radius 1 is 1.38 bits per heavy atom. The lowest BCUT2D eigenvalue weighted by Crippen LogP contribution is -2.32. The molecule has 0 N–H and O–H groups in total. The van der Waals surface area contributed by atoms with Crippen LogP contribution in [0.2, 0.25) is 0 Å². The van der Waals surface area contributed by atoms with E-state index in [2.05, 4.69) is 0 Å². The van der Waals surface area contributed by atoms with Crippen molar-refractivity contribution in [3.05, 3.63) is 35.4 Å². The number of hydrogen-bond donors (Lipinski definition) is 0. The van der Waals surface area contributed by atoms with E-state index in [9.17, 15) is 18.0 Å². The predicted molar refractivity (Wildman–Crippen MR) is 77.8 cm³/mol. The van der Waals surface area contributed by atoms with Crippen molar-refractivity contribution in [3.63, 3.8) is 0 Å². The van der Waals surface area contributed by atoms with E-state index < -0.39 is 17.1 Å². The molecule has 116 valence electrons. The normalized spacial score (nSPS) is 19.3. The van der Waals surface area contributed by atoms with Crippen LogP contribution in [0.15, 0.2) is 24.3 Å². The molecule has 0 bridgehead atoms. The van der Waals surface area contributed by atoms with Gasteiger partial charge in [-0.1, -0.05) is 32.0 Å². The summed E-state index contributed by atoms with van der Waals surface area (Å²) in [6.45, 7) is 4.37. The Kier molecular flexibility index (Phi) is 4.86. The molecule has 1 aliphatic heterocycles. The van der Waals surface area contributed by atoms with Gasteiger partial charge in [0.2, 0.25) is 5.91 Å². The molecular formula is C15H18F3NOS. The zero-order chi connectivity index (χ0) is 15.6. The lowest BCUT2D eigenvalue weighted by molar-refractivity contribution is -0.140. The highest BCUT2D eigenvalue weighted by molar-refractivity contribution is 7.99. The van der Waals surface area contributed by atoms with Gasteiger partial charge >= 0.3 is 6.18 Å². The SMILES string of the molecule is CC(C)CC(=O)N1CCS[C@H]1c1ccccc1C(F)(F)F. The van der Waals surface area contributed by atoms with Crippen molar-refractivity contribution in [2.75, 3.05) is 12.3 Å². The number of rotatable bonds is 3. The molecule has 1 atom stereocenters. The first-order chi connectivity index (χ1) is 9.80. The van der Waals surface area contributed by atoms with Crippen LogP contribution in [0, 0.1) is 5.92 Å². The Labute approximate surface area is 126 Å². The van der Waals surface area contributed by atoms with Crippen LogP contribution in [-0.2, 0) is 11.0 Å². The monoisotopic (exact) mass is 317 g/mol. The topological polar surface area (TPSA) is 20.3 Å². The third-order valence-corrected chi connectivity index (χ3v) is 4.57. The van der Waals surface area contributed by atoms with E-state index in [4.69, 9.17) is 0 Å². The summed E-state index contributed by atoms with van der Waals surface area (Å²) in [4.78, 5) is 13.8. The van der Waals surface area contributed by atoms with E-state index in [1.165, 1.54) is 23.9 Å². The average molecular weight is 317 g/mol. The Balaban J connectivity index is 2.31. The highest BCUT2D eigenvalue weighted by Crippen LogP contribution is 2.44. The molecule has 1 aromatic rings. The minimum absolute atomic E-state index is 0.0722. The van der Waals surface area contributed by atoms with Crippen molar-refractivity contribution < 1.29 is 18.0 Å². The second-order valence-electron chi connectivity index (χ2n) is 5.49. The van der Waals surface area contributed by atoms with Crippen LogP contribution in [0.3, 0.4) is 0 Å². The number of carbonyl (C=O) groups is 1. The molecule has 0 unspecified atom stereocenters. The van der Waals surface area contributed by atoms with Gasteiger partial charge in [0.15, 0.2) is 0 Å². The fraction of sp³-hybridized carbons (Fsp3) is 0.533. The molecule has 6 heteroatoms. The summed E-state index contributed by atoms with van der Waals surface area (Å²) >= 11 is 1.39. The van der Waals surface area contributed by atoms with Gasteiger partial charge in [-0.25, -0.2) is 0 Å². The van der Waals surface area contributed by atoms with E-state index >= 15 is 0 Å². The van der Waals surface area contributed by atoms with Gasteiger partial charge in [-0.3, -0.25) is 4.79 Å². The van der Waals surface area contributed by atoms with Gasteiger partial charge < -0.3 is 4.90 Å². The average Bonchev–Trinajstić information content (AvgIpc) is 2.86.